The lowest BCUT2D eigenvalue weighted by Crippen LogP contribution is -2.41. The lowest BCUT2D eigenvalue weighted by atomic mass is 9.84. The zero-order valence-electron chi connectivity index (χ0n) is 18.7. The summed E-state index contributed by atoms with van der Waals surface area (Å²) in [5.41, 5.74) is -0.238. The Morgan fingerprint density at radius 3 is 2.36 bits per heavy atom. The van der Waals surface area contributed by atoms with Gasteiger partial charge in [0.1, 0.15) is 5.60 Å². The first kappa shape index (κ1) is 22.8. The number of amides is 1. The lowest BCUT2D eigenvalue weighted by Gasteiger charge is -2.32. The van der Waals surface area contributed by atoms with Gasteiger partial charge in [-0.25, -0.2) is 4.79 Å². The third-order valence-electron chi connectivity index (χ3n) is 5.31. The van der Waals surface area contributed by atoms with Gasteiger partial charge in [-0.2, -0.15) is 5.10 Å². The summed E-state index contributed by atoms with van der Waals surface area (Å²) in [5.74, 6) is 0. The monoisotopic (exact) mass is 393 g/mol. The third kappa shape index (κ3) is 5.73. The molecule has 2 heterocycles. The first-order valence-corrected chi connectivity index (χ1v) is 10.1. The van der Waals surface area contributed by atoms with Crippen LogP contribution in [0.25, 0.3) is 0 Å². The molecule has 1 saturated heterocycles. The average molecular weight is 393 g/mol. The molecule has 7 nitrogen and oxygen atoms in total. The van der Waals surface area contributed by atoms with Gasteiger partial charge in [-0.3, -0.25) is 4.68 Å². The van der Waals surface area contributed by atoms with E-state index in [-0.39, 0.29) is 17.3 Å². The Morgan fingerprint density at radius 1 is 1.18 bits per heavy atom. The first-order valence-electron chi connectivity index (χ1n) is 10.1. The van der Waals surface area contributed by atoms with Crippen molar-refractivity contribution in [3.8, 4) is 0 Å². The minimum atomic E-state index is -0.463. The minimum absolute atomic E-state index is 0.275. The summed E-state index contributed by atoms with van der Waals surface area (Å²) in [5, 5.41) is 4.43. The molecule has 0 aromatic carbocycles. The number of unbranched alkanes of at least 4 members (excludes halogenated alkanes) is 2. The van der Waals surface area contributed by atoms with Crippen molar-refractivity contribution in [2.24, 2.45) is 0 Å². The smallest absolute Gasteiger partial charge is 0.444 e. The standard InChI is InChI=1S/C20H36BN3O4/c1-18(2,3)26-17(25)23(8)14-10-9-11-15-24-16(12-13-22-24)21-27-19(4,5)20(6,7)28-21/h12-13H,9-11,14-15H2,1-8H3. The van der Waals surface area contributed by atoms with Crippen LogP contribution in [0.15, 0.2) is 12.3 Å². The fourth-order valence-corrected chi connectivity index (χ4v) is 2.91. The Kier molecular flexibility index (Phi) is 6.87. The van der Waals surface area contributed by atoms with Crippen LogP contribution in [0.4, 0.5) is 4.79 Å². The highest BCUT2D eigenvalue weighted by Gasteiger charge is 2.52. The van der Waals surface area contributed by atoms with E-state index in [1.807, 2.05) is 31.5 Å². The maximum Gasteiger partial charge on any atom is 0.514 e. The number of hydrogen-bond acceptors (Lipinski definition) is 5. The van der Waals surface area contributed by atoms with E-state index >= 15 is 0 Å². The van der Waals surface area contributed by atoms with E-state index in [4.69, 9.17) is 14.0 Å². The van der Waals surface area contributed by atoms with Gasteiger partial charge in [-0.15, -0.1) is 0 Å². The number of hydrogen-bond donors (Lipinski definition) is 0. The van der Waals surface area contributed by atoms with Crippen molar-refractivity contribution in [1.82, 2.24) is 14.7 Å². The van der Waals surface area contributed by atoms with Gasteiger partial charge in [0.25, 0.3) is 0 Å². The number of aromatic nitrogens is 2. The zero-order valence-corrected chi connectivity index (χ0v) is 18.7. The number of nitrogens with zero attached hydrogens (tertiary/aromatic N) is 3. The Labute approximate surface area is 169 Å². The zero-order chi connectivity index (χ0) is 21.2. The molecule has 0 spiro atoms. The van der Waals surface area contributed by atoms with E-state index in [0.717, 1.165) is 31.4 Å². The molecule has 28 heavy (non-hydrogen) atoms. The molecule has 8 heteroatoms. The van der Waals surface area contributed by atoms with E-state index in [9.17, 15) is 4.79 Å². The van der Waals surface area contributed by atoms with Gasteiger partial charge in [0.15, 0.2) is 0 Å². The summed E-state index contributed by atoms with van der Waals surface area (Å²) < 4.78 is 19.6. The van der Waals surface area contributed by atoms with Crippen LogP contribution in [0.2, 0.25) is 0 Å². The Bertz CT molecular complexity index is 651. The molecule has 1 aromatic rings. The summed E-state index contributed by atoms with van der Waals surface area (Å²) in [6.45, 7) is 15.3. The molecular weight excluding hydrogens is 357 g/mol. The van der Waals surface area contributed by atoms with Gasteiger partial charge >= 0.3 is 13.2 Å². The van der Waals surface area contributed by atoms with E-state index in [1.54, 1.807) is 18.1 Å². The fraction of sp³-hybridized carbons (Fsp3) is 0.800. The van der Waals surface area contributed by atoms with Crippen molar-refractivity contribution >= 4 is 18.8 Å². The second-order valence-corrected chi connectivity index (χ2v) is 9.53. The van der Waals surface area contributed by atoms with Gasteiger partial charge < -0.3 is 18.9 Å². The molecule has 1 fully saturated rings. The second-order valence-electron chi connectivity index (χ2n) is 9.53. The molecule has 1 aliphatic heterocycles. The predicted octanol–water partition coefficient (Wildman–Crippen LogP) is 3.22. The molecule has 0 N–H and O–H groups in total. The van der Waals surface area contributed by atoms with Crippen molar-refractivity contribution in [2.75, 3.05) is 13.6 Å². The maximum absolute atomic E-state index is 12.0. The van der Waals surface area contributed by atoms with Crippen LogP contribution in [-0.2, 0) is 20.6 Å². The molecule has 0 aliphatic carbocycles. The van der Waals surface area contributed by atoms with Crippen LogP contribution in [0.1, 0.15) is 67.7 Å². The molecule has 0 saturated carbocycles. The normalized spacial score (nSPS) is 18.4. The summed E-state index contributed by atoms with van der Waals surface area (Å²) >= 11 is 0. The van der Waals surface area contributed by atoms with Crippen LogP contribution in [-0.4, -0.2) is 58.3 Å². The van der Waals surface area contributed by atoms with E-state index in [2.05, 4.69) is 32.8 Å². The van der Waals surface area contributed by atoms with Gasteiger partial charge in [0, 0.05) is 26.3 Å². The third-order valence-corrected chi connectivity index (χ3v) is 5.31. The van der Waals surface area contributed by atoms with Gasteiger partial charge in [0.05, 0.1) is 16.8 Å². The van der Waals surface area contributed by atoms with Gasteiger partial charge in [-0.1, -0.05) is 0 Å². The molecule has 0 atom stereocenters. The lowest BCUT2D eigenvalue weighted by molar-refractivity contribution is 0.00578. The molecule has 1 aliphatic rings. The van der Waals surface area contributed by atoms with Gasteiger partial charge in [-0.05, 0) is 73.8 Å². The maximum atomic E-state index is 12.0. The first-order chi connectivity index (χ1) is 12.8. The van der Waals surface area contributed by atoms with Crippen LogP contribution >= 0.6 is 0 Å². The van der Waals surface area contributed by atoms with Crippen molar-refractivity contribution < 1.29 is 18.8 Å². The molecule has 0 bridgehead atoms. The van der Waals surface area contributed by atoms with E-state index in [1.165, 1.54) is 0 Å². The Balaban J connectivity index is 1.77. The summed E-state index contributed by atoms with van der Waals surface area (Å²) in [6.07, 6.45) is 4.40. The van der Waals surface area contributed by atoms with Crippen LogP contribution in [0.3, 0.4) is 0 Å². The van der Waals surface area contributed by atoms with Crippen LogP contribution in [0, 0.1) is 0 Å². The molecular formula is C20H36BN3O4. The number of aryl methyl sites for hydroxylation is 1. The van der Waals surface area contributed by atoms with Crippen LogP contribution in [0.5, 0.6) is 0 Å². The van der Waals surface area contributed by atoms with Crippen molar-refractivity contribution in [1.29, 1.82) is 0 Å². The quantitative estimate of drug-likeness (QED) is 0.526. The van der Waals surface area contributed by atoms with Crippen LogP contribution < -0.4 is 5.59 Å². The summed E-state index contributed by atoms with van der Waals surface area (Å²) in [7, 11) is 1.38. The Hall–Kier alpha value is -1.54. The summed E-state index contributed by atoms with van der Waals surface area (Å²) in [4.78, 5) is 13.6. The van der Waals surface area contributed by atoms with Gasteiger partial charge in [0.2, 0.25) is 0 Å². The highest BCUT2D eigenvalue weighted by Crippen LogP contribution is 2.36. The molecule has 1 amide bonds. The minimum Gasteiger partial charge on any atom is -0.444 e. The van der Waals surface area contributed by atoms with E-state index < -0.39 is 12.7 Å². The average Bonchev–Trinajstić information content (AvgIpc) is 3.07. The van der Waals surface area contributed by atoms with Crippen molar-refractivity contribution in [2.45, 2.75) is 91.1 Å². The topological polar surface area (TPSA) is 65.8 Å². The highest BCUT2D eigenvalue weighted by molar-refractivity contribution is 6.61. The fourth-order valence-electron chi connectivity index (χ4n) is 2.91. The van der Waals surface area contributed by atoms with Crippen molar-refractivity contribution in [3.63, 3.8) is 0 Å². The molecule has 2 rings (SSSR count). The molecule has 0 radical (unpaired) electrons. The van der Waals surface area contributed by atoms with E-state index in [0.29, 0.717) is 6.54 Å². The van der Waals surface area contributed by atoms with Crippen molar-refractivity contribution in [3.05, 3.63) is 12.3 Å². The highest BCUT2D eigenvalue weighted by atomic mass is 16.7. The number of ether oxygens (including phenoxy) is 1. The second kappa shape index (κ2) is 8.45. The summed E-state index contributed by atoms with van der Waals surface area (Å²) in [6, 6.07) is 1.96. The molecule has 158 valence electrons. The number of carbonyl (C=O) groups excluding carboxylic acids is 1. The largest absolute Gasteiger partial charge is 0.514 e. The molecule has 1 aromatic heterocycles. The number of rotatable bonds is 7. The Morgan fingerprint density at radius 2 is 1.79 bits per heavy atom. The predicted molar refractivity (Wildman–Crippen MR) is 111 cm³/mol. The molecule has 0 unspecified atom stereocenters. The number of carbonyl (C=O) groups is 1. The SMILES string of the molecule is CN(CCCCCn1nccc1B1OC(C)(C)C(C)(C)O1)C(=O)OC(C)(C)C.